The van der Waals surface area contributed by atoms with Crippen LogP contribution in [0.15, 0.2) is 36.5 Å². The zero-order valence-electron chi connectivity index (χ0n) is 14.5. The highest BCUT2D eigenvalue weighted by molar-refractivity contribution is 5.14. The second kappa shape index (κ2) is 8.21. The van der Waals surface area contributed by atoms with Crippen molar-refractivity contribution >= 4 is 0 Å². The Morgan fingerprint density at radius 1 is 1.08 bits per heavy atom. The fourth-order valence-electron chi connectivity index (χ4n) is 3.04. The number of rotatable bonds is 6. The summed E-state index contributed by atoms with van der Waals surface area (Å²) >= 11 is 0. The molecular weight excluding hydrogens is 340 g/mol. The van der Waals surface area contributed by atoms with Gasteiger partial charge in [0.2, 0.25) is 0 Å². The third kappa shape index (κ3) is 4.09. The Labute approximate surface area is 151 Å². The second-order valence-corrected chi connectivity index (χ2v) is 6.57. The van der Waals surface area contributed by atoms with Gasteiger partial charge in [-0.15, -0.1) is 5.10 Å². The molecule has 3 rings (SSSR count). The topological polar surface area (TPSA) is 124 Å². The number of hydrogen-bond acceptors (Lipinski definition) is 8. The third-order valence-electron chi connectivity index (χ3n) is 4.41. The van der Waals surface area contributed by atoms with Crippen molar-refractivity contribution in [2.45, 2.75) is 43.7 Å². The molecule has 1 aromatic heterocycles. The van der Waals surface area contributed by atoms with Crippen LogP contribution >= 0.6 is 0 Å². The Hall–Kier alpha value is -1.88. The monoisotopic (exact) mass is 364 g/mol. The Kier molecular flexibility index (Phi) is 5.97. The fourth-order valence-corrected chi connectivity index (χ4v) is 3.04. The molecule has 1 aliphatic heterocycles. The van der Waals surface area contributed by atoms with Crippen molar-refractivity contribution in [3.05, 3.63) is 47.8 Å². The summed E-state index contributed by atoms with van der Waals surface area (Å²) in [5, 5.41) is 47.2. The van der Waals surface area contributed by atoms with E-state index in [4.69, 9.17) is 4.74 Å². The first-order chi connectivity index (χ1) is 12.5. The Bertz CT molecular complexity index is 695. The minimum atomic E-state index is -1.45. The maximum Gasteiger partial charge on any atom is 0.180 e. The van der Waals surface area contributed by atoms with Crippen molar-refractivity contribution in [2.75, 3.05) is 13.7 Å². The maximum absolute atomic E-state index is 10.1. The zero-order valence-corrected chi connectivity index (χ0v) is 14.5. The number of aromatic nitrogens is 3. The van der Waals surface area contributed by atoms with Gasteiger partial charge in [0.05, 0.1) is 18.5 Å². The van der Waals surface area contributed by atoms with E-state index in [0.29, 0.717) is 12.2 Å². The summed E-state index contributed by atoms with van der Waals surface area (Å²) in [6.45, 7) is 0.795. The molecule has 9 nitrogen and oxygen atoms in total. The lowest BCUT2D eigenvalue weighted by Gasteiger charge is -2.39. The predicted octanol–water partition coefficient (Wildman–Crippen LogP) is -1.12. The molecule has 0 aliphatic carbocycles. The van der Waals surface area contributed by atoms with Gasteiger partial charge in [-0.1, -0.05) is 35.5 Å². The molecule has 142 valence electrons. The predicted molar refractivity (Wildman–Crippen MR) is 90.7 cm³/mol. The van der Waals surface area contributed by atoms with Gasteiger partial charge in [0.25, 0.3) is 0 Å². The van der Waals surface area contributed by atoms with E-state index in [0.717, 1.165) is 6.54 Å². The quantitative estimate of drug-likeness (QED) is 0.508. The molecule has 0 saturated carbocycles. The van der Waals surface area contributed by atoms with Gasteiger partial charge in [-0.25, -0.2) is 4.68 Å². The van der Waals surface area contributed by atoms with Crippen LogP contribution in [0, 0.1) is 0 Å². The minimum Gasteiger partial charge on any atom is -0.394 e. The molecule has 26 heavy (non-hydrogen) atoms. The largest absolute Gasteiger partial charge is 0.394 e. The molecule has 9 heteroatoms. The second-order valence-electron chi connectivity index (χ2n) is 6.57. The van der Waals surface area contributed by atoms with Crippen LogP contribution in [0.25, 0.3) is 0 Å². The first kappa shape index (κ1) is 18.9. The van der Waals surface area contributed by atoms with E-state index in [1.54, 1.807) is 6.20 Å². The number of ether oxygens (including phenoxy) is 1. The van der Waals surface area contributed by atoms with Crippen molar-refractivity contribution < 1.29 is 25.2 Å². The summed E-state index contributed by atoms with van der Waals surface area (Å²) in [7, 11) is 1.96. The van der Waals surface area contributed by atoms with Crippen LogP contribution in [0.2, 0.25) is 0 Å². The van der Waals surface area contributed by atoms with E-state index in [1.807, 2.05) is 37.4 Å². The standard InChI is InChI=1S/C17H24N4O5/c1-20(7-11-5-3-2-4-6-11)8-12-9-21(19-18-12)17-16(25)15(24)14(23)13(10-22)26-17/h2-6,9,13-17,22-25H,7-8,10H2,1H3/t13-,14-,15+,16-,17-/m1/s1. The van der Waals surface area contributed by atoms with Crippen LogP contribution < -0.4 is 0 Å². The summed E-state index contributed by atoms with van der Waals surface area (Å²) in [5.41, 5.74) is 1.84. The minimum absolute atomic E-state index is 0.483. The van der Waals surface area contributed by atoms with E-state index in [9.17, 15) is 20.4 Å². The first-order valence-corrected chi connectivity index (χ1v) is 8.43. The van der Waals surface area contributed by atoms with E-state index >= 15 is 0 Å². The number of aliphatic hydroxyl groups excluding tert-OH is 4. The first-order valence-electron chi connectivity index (χ1n) is 8.43. The van der Waals surface area contributed by atoms with Crippen molar-refractivity contribution in [3.8, 4) is 0 Å². The van der Waals surface area contributed by atoms with Crippen LogP contribution in [-0.4, -0.2) is 78.4 Å². The third-order valence-corrected chi connectivity index (χ3v) is 4.41. The summed E-state index contributed by atoms with van der Waals surface area (Å²) in [4.78, 5) is 2.07. The average Bonchev–Trinajstić information content (AvgIpc) is 3.09. The van der Waals surface area contributed by atoms with E-state index in [2.05, 4.69) is 15.2 Å². The molecule has 5 atom stereocenters. The highest BCUT2D eigenvalue weighted by Crippen LogP contribution is 2.27. The van der Waals surface area contributed by atoms with E-state index in [1.165, 1.54) is 10.2 Å². The molecule has 2 aromatic rings. The summed E-state index contributed by atoms with van der Waals surface area (Å²) in [6, 6.07) is 10.0. The van der Waals surface area contributed by atoms with Crippen molar-refractivity contribution in [3.63, 3.8) is 0 Å². The lowest BCUT2D eigenvalue weighted by atomic mass is 9.98. The fraction of sp³-hybridized carbons (Fsp3) is 0.529. The molecule has 0 spiro atoms. The molecule has 1 saturated heterocycles. The normalized spacial score (nSPS) is 29.2. The lowest BCUT2D eigenvalue weighted by Crippen LogP contribution is -2.56. The molecule has 0 amide bonds. The molecule has 1 fully saturated rings. The number of nitrogens with zero attached hydrogens (tertiary/aromatic N) is 4. The van der Waals surface area contributed by atoms with E-state index in [-0.39, 0.29) is 0 Å². The molecule has 0 bridgehead atoms. The molecule has 2 heterocycles. The Balaban J connectivity index is 1.65. The molecule has 1 aromatic carbocycles. The van der Waals surface area contributed by atoms with Gasteiger partial charge in [-0.05, 0) is 12.6 Å². The van der Waals surface area contributed by atoms with Crippen LogP contribution in [-0.2, 0) is 17.8 Å². The number of benzene rings is 1. The molecular formula is C17H24N4O5. The van der Waals surface area contributed by atoms with Gasteiger partial charge in [-0.2, -0.15) is 0 Å². The highest BCUT2D eigenvalue weighted by atomic mass is 16.6. The molecule has 0 unspecified atom stereocenters. The molecule has 0 radical (unpaired) electrons. The lowest BCUT2D eigenvalue weighted by molar-refractivity contribution is -0.254. The van der Waals surface area contributed by atoms with Crippen molar-refractivity contribution in [1.29, 1.82) is 0 Å². The van der Waals surface area contributed by atoms with Gasteiger partial charge in [0.1, 0.15) is 24.4 Å². The van der Waals surface area contributed by atoms with Crippen LogP contribution in [0.3, 0.4) is 0 Å². The molecule has 4 N–H and O–H groups in total. The van der Waals surface area contributed by atoms with Gasteiger partial charge in [0.15, 0.2) is 6.23 Å². The maximum atomic E-state index is 10.1. The average molecular weight is 364 g/mol. The van der Waals surface area contributed by atoms with Gasteiger partial charge in [-0.3, -0.25) is 4.90 Å². The van der Waals surface area contributed by atoms with Crippen LogP contribution in [0.1, 0.15) is 17.5 Å². The Morgan fingerprint density at radius 2 is 1.81 bits per heavy atom. The smallest absolute Gasteiger partial charge is 0.180 e. The van der Waals surface area contributed by atoms with Crippen LogP contribution in [0.5, 0.6) is 0 Å². The van der Waals surface area contributed by atoms with Gasteiger partial charge >= 0.3 is 0 Å². The van der Waals surface area contributed by atoms with Gasteiger partial charge in [0, 0.05) is 13.1 Å². The van der Waals surface area contributed by atoms with E-state index < -0.39 is 37.3 Å². The van der Waals surface area contributed by atoms with Crippen molar-refractivity contribution in [2.24, 2.45) is 0 Å². The van der Waals surface area contributed by atoms with Crippen molar-refractivity contribution in [1.82, 2.24) is 19.9 Å². The zero-order chi connectivity index (χ0) is 18.7. The SMILES string of the molecule is CN(Cc1ccccc1)Cc1cn([C@@H]2O[C@H](CO)[C@@H](O)[C@H](O)[C@H]2O)nn1. The Morgan fingerprint density at radius 3 is 2.50 bits per heavy atom. The summed E-state index contributed by atoms with van der Waals surface area (Å²) in [6.07, 6.45) is -4.62. The van der Waals surface area contributed by atoms with Crippen LogP contribution in [0.4, 0.5) is 0 Å². The number of aliphatic hydroxyl groups is 4. The summed E-state index contributed by atoms with van der Waals surface area (Å²) in [5.74, 6) is 0. The number of hydrogen-bond donors (Lipinski definition) is 4. The molecule has 1 aliphatic rings. The van der Waals surface area contributed by atoms with Gasteiger partial charge < -0.3 is 25.2 Å². The highest BCUT2D eigenvalue weighted by Gasteiger charge is 2.44. The summed E-state index contributed by atoms with van der Waals surface area (Å²) < 4.78 is 6.77.